The normalized spacial score (nSPS) is 10.4. The fourth-order valence-electron chi connectivity index (χ4n) is 2.50. The van der Waals surface area contributed by atoms with Gasteiger partial charge in [0.15, 0.2) is 11.5 Å². The zero-order valence-electron chi connectivity index (χ0n) is 14.9. The average molecular weight is 368 g/mol. The van der Waals surface area contributed by atoms with Crippen LogP contribution < -0.4 is 14.8 Å². The van der Waals surface area contributed by atoms with Gasteiger partial charge in [0.2, 0.25) is 0 Å². The largest absolute Gasteiger partial charge is 0.493 e. The zero-order chi connectivity index (χ0) is 18.5. The van der Waals surface area contributed by atoms with Crippen molar-refractivity contribution in [3.8, 4) is 22.1 Å². The fraction of sp³-hybridized carbons (Fsp3) is 0.200. The number of anilines is 1. The fourth-order valence-corrected chi connectivity index (χ4v) is 3.30. The molecule has 6 heteroatoms. The molecule has 0 atom stereocenters. The van der Waals surface area contributed by atoms with E-state index in [-0.39, 0.29) is 5.91 Å². The number of thiazole rings is 1. The van der Waals surface area contributed by atoms with Crippen LogP contribution >= 0.6 is 11.3 Å². The van der Waals surface area contributed by atoms with E-state index in [9.17, 15) is 4.79 Å². The van der Waals surface area contributed by atoms with Crippen LogP contribution in [0, 0.1) is 0 Å². The minimum atomic E-state index is -0.225. The second kappa shape index (κ2) is 8.01. The maximum absolute atomic E-state index is 12.4. The van der Waals surface area contributed by atoms with Crippen LogP contribution in [0.1, 0.15) is 23.0 Å². The van der Waals surface area contributed by atoms with Crippen LogP contribution in [0.5, 0.6) is 11.5 Å². The maximum Gasteiger partial charge on any atom is 0.275 e. The van der Waals surface area contributed by atoms with E-state index in [2.05, 4.69) is 17.2 Å². The third-order valence-corrected chi connectivity index (χ3v) is 4.88. The van der Waals surface area contributed by atoms with Gasteiger partial charge in [-0.1, -0.05) is 19.1 Å². The van der Waals surface area contributed by atoms with Crippen molar-refractivity contribution in [1.82, 2.24) is 4.98 Å². The topological polar surface area (TPSA) is 60.5 Å². The molecule has 26 heavy (non-hydrogen) atoms. The number of carbonyl (C=O) groups is 1. The Morgan fingerprint density at radius 3 is 2.46 bits per heavy atom. The smallest absolute Gasteiger partial charge is 0.275 e. The van der Waals surface area contributed by atoms with Crippen molar-refractivity contribution in [3.63, 3.8) is 0 Å². The number of aromatic nitrogens is 1. The molecular weight excluding hydrogens is 348 g/mol. The Balaban J connectivity index is 1.77. The van der Waals surface area contributed by atoms with Crippen LogP contribution in [0.4, 0.5) is 5.69 Å². The Morgan fingerprint density at radius 1 is 1.08 bits per heavy atom. The van der Waals surface area contributed by atoms with Crippen LogP contribution in [0.2, 0.25) is 0 Å². The van der Waals surface area contributed by atoms with Crippen molar-refractivity contribution in [2.24, 2.45) is 0 Å². The minimum Gasteiger partial charge on any atom is -0.493 e. The third kappa shape index (κ3) is 3.86. The molecule has 1 N–H and O–H groups in total. The number of ether oxygens (including phenoxy) is 2. The van der Waals surface area contributed by atoms with Crippen molar-refractivity contribution >= 4 is 22.9 Å². The minimum absolute atomic E-state index is 0.225. The van der Waals surface area contributed by atoms with Crippen molar-refractivity contribution < 1.29 is 14.3 Å². The van der Waals surface area contributed by atoms with Crippen LogP contribution in [0.25, 0.3) is 10.6 Å². The first-order valence-electron chi connectivity index (χ1n) is 8.22. The van der Waals surface area contributed by atoms with Crippen molar-refractivity contribution in [2.75, 3.05) is 19.5 Å². The van der Waals surface area contributed by atoms with E-state index in [0.29, 0.717) is 17.2 Å². The Hall–Kier alpha value is -2.86. The summed E-state index contributed by atoms with van der Waals surface area (Å²) in [5.41, 5.74) is 3.25. The number of carbonyl (C=O) groups excluding carboxylic acids is 1. The summed E-state index contributed by atoms with van der Waals surface area (Å²) >= 11 is 1.41. The molecule has 0 aliphatic heterocycles. The van der Waals surface area contributed by atoms with Gasteiger partial charge in [0, 0.05) is 16.6 Å². The van der Waals surface area contributed by atoms with E-state index in [0.717, 1.165) is 22.7 Å². The second-order valence-electron chi connectivity index (χ2n) is 5.61. The summed E-state index contributed by atoms with van der Waals surface area (Å²) in [6.07, 6.45) is 0.967. The van der Waals surface area contributed by atoms with Gasteiger partial charge < -0.3 is 14.8 Å². The van der Waals surface area contributed by atoms with E-state index in [1.807, 2.05) is 42.5 Å². The van der Waals surface area contributed by atoms with E-state index < -0.39 is 0 Å². The summed E-state index contributed by atoms with van der Waals surface area (Å²) in [6.45, 7) is 2.10. The van der Waals surface area contributed by atoms with Crippen LogP contribution in [-0.2, 0) is 6.42 Å². The molecule has 0 aliphatic carbocycles. The molecule has 1 heterocycles. The summed E-state index contributed by atoms with van der Waals surface area (Å²) in [7, 11) is 3.18. The number of benzene rings is 2. The first-order valence-corrected chi connectivity index (χ1v) is 9.10. The summed E-state index contributed by atoms with van der Waals surface area (Å²) in [5.74, 6) is 1.06. The Morgan fingerprint density at radius 2 is 1.81 bits per heavy atom. The van der Waals surface area contributed by atoms with Crippen LogP contribution in [0.15, 0.2) is 47.8 Å². The molecule has 0 fully saturated rings. The SMILES string of the molecule is CCc1ccc(NC(=O)c2csc(-c3ccc(OC)c(OC)c3)n2)cc1. The molecule has 1 aromatic heterocycles. The Kier molecular flexibility index (Phi) is 5.53. The predicted octanol–water partition coefficient (Wildman–Crippen LogP) is 4.64. The number of hydrogen-bond acceptors (Lipinski definition) is 5. The molecule has 0 saturated heterocycles. The molecule has 3 rings (SSSR count). The monoisotopic (exact) mass is 368 g/mol. The van der Waals surface area contributed by atoms with E-state index in [1.165, 1.54) is 16.9 Å². The molecule has 0 spiro atoms. The summed E-state index contributed by atoms with van der Waals surface area (Å²) in [5, 5.41) is 5.38. The molecule has 2 aromatic carbocycles. The third-order valence-electron chi connectivity index (χ3n) is 3.99. The molecule has 3 aromatic rings. The van der Waals surface area contributed by atoms with Gasteiger partial charge in [0.05, 0.1) is 14.2 Å². The lowest BCUT2D eigenvalue weighted by Gasteiger charge is -2.08. The first-order chi connectivity index (χ1) is 12.6. The molecule has 0 unspecified atom stereocenters. The lowest BCUT2D eigenvalue weighted by atomic mass is 10.1. The standard InChI is InChI=1S/C20H20N2O3S/c1-4-13-5-8-15(9-6-13)21-19(23)16-12-26-20(22-16)14-7-10-17(24-2)18(11-14)25-3/h5-12H,4H2,1-3H3,(H,21,23). The molecule has 134 valence electrons. The van der Waals surface area contributed by atoms with Crippen molar-refractivity contribution in [1.29, 1.82) is 0 Å². The van der Waals surface area contributed by atoms with Gasteiger partial charge in [-0.2, -0.15) is 0 Å². The summed E-state index contributed by atoms with van der Waals surface area (Å²) < 4.78 is 10.6. The van der Waals surface area contributed by atoms with Gasteiger partial charge in [0.1, 0.15) is 10.7 Å². The van der Waals surface area contributed by atoms with Crippen molar-refractivity contribution in [3.05, 3.63) is 59.1 Å². The highest BCUT2D eigenvalue weighted by atomic mass is 32.1. The van der Waals surface area contributed by atoms with Gasteiger partial charge in [-0.3, -0.25) is 4.79 Å². The number of methoxy groups -OCH3 is 2. The van der Waals surface area contributed by atoms with Crippen molar-refractivity contribution in [2.45, 2.75) is 13.3 Å². The van der Waals surface area contributed by atoms with E-state index in [1.54, 1.807) is 19.6 Å². The highest BCUT2D eigenvalue weighted by Gasteiger charge is 2.14. The number of rotatable bonds is 6. The highest BCUT2D eigenvalue weighted by Crippen LogP contribution is 2.33. The highest BCUT2D eigenvalue weighted by molar-refractivity contribution is 7.13. The van der Waals surface area contributed by atoms with Crippen LogP contribution in [-0.4, -0.2) is 25.1 Å². The molecule has 5 nitrogen and oxygen atoms in total. The molecule has 0 saturated carbocycles. The molecule has 0 bridgehead atoms. The molecule has 0 radical (unpaired) electrons. The average Bonchev–Trinajstić information content (AvgIpc) is 3.18. The van der Waals surface area contributed by atoms with E-state index >= 15 is 0 Å². The van der Waals surface area contributed by atoms with Gasteiger partial charge in [-0.05, 0) is 42.3 Å². The zero-order valence-corrected chi connectivity index (χ0v) is 15.7. The van der Waals surface area contributed by atoms with Crippen LogP contribution in [0.3, 0.4) is 0 Å². The summed E-state index contributed by atoms with van der Waals surface area (Å²) in [6, 6.07) is 13.4. The maximum atomic E-state index is 12.4. The summed E-state index contributed by atoms with van der Waals surface area (Å²) in [4.78, 5) is 16.9. The molecular formula is C20H20N2O3S. The first kappa shape index (κ1) is 17.9. The number of aryl methyl sites for hydroxylation is 1. The quantitative estimate of drug-likeness (QED) is 0.688. The number of amides is 1. The predicted molar refractivity (Wildman–Crippen MR) is 104 cm³/mol. The molecule has 0 aliphatic rings. The molecule has 1 amide bonds. The number of nitrogens with zero attached hydrogens (tertiary/aromatic N) is 1. The Bertz CT molecular complexity index is 904. The number of hydrogen-bond donors (Lipinski definition) is 1. The number of nitrogens with one attached hydrogen (secondary N) is 1. The Labute approximate surface area is 156 Å². The van der Waals surface area contributed by atoms with E-state index in [4.69, 9.17) is 9.47 Å². The van der Waals surface area contributed by atoms with Gasteiger partial charge >= 0.3 is 0 Å². The lowest BCUT2D eigenvalue weighted by Crippen LogP contribution is -2.12. The van der Waals surface area contributed by atoms with Gasteiger partial charge in [0.25, 0.3) is 5.91 Å². The lowest BCUT2D eigenvalue weighted by molar-refractivity contribution is 0.102. The van der Waals surface area contributed by atoms with Gasteiger partial charge in [-0.15, -0.1) is 11.3 Å². The van der Waals surface area contributed by atoms with Gasteiger partial charge in [-0.25, -0.2) is 4.98 Å². The second-order valence-corrected chi connectivity index (χ2v) is 6.47.